The molecule has 7 heteroatoms. The number of sulfonamides is 1. The van der Waals surface area contributed by atoms with Gasteiger partial charge >= 0.3 is 0 Å². The molecule has 0 aromatic heterocycles. The van der Waals surface area contributed by atoms with Crippen LogP contribution in [0.1, 0.15) is 25.0 Å². The molecule has 2 aromatic rings. The number of halogens is 1. The van der Waals surface area contributed by atoms with Crippen molar-refractivity contribution in [3.8, 4) is 0 Å². The Labute approximate surface area is 153 Å². The van der Waals surface area contributed by atoms with E-state index in [1.165, 1.54) is 30.3 Å². The number of aryl methyl sites for hydroxylation is 1. The van der Waals surface area contributed by atoms with Gasteiger partial charge < -0.3 is 5.32 Å². The molecule has 0 fully saturated rings. The van der Waals surface area contributed by atoms with E-state index in [9.17, 15) is 17.6 Å². The first-order chi connectivity index (χ1) is 12.2. The van der Waals surface area contributed by atoms with E-state index in [4.69, 9.17) is 0 Å². The molecule has 0 unspecified atom stereocenters. The zero-order valence-electron chi connectivity index (χ0n) is 15.1. The zero-order chi connectivity index (χ0) is 19.3. The second-order valence-electron chi connectivity index (χ2n) is 6.40. The number of nitrogens with one attached hydrogen (secondary N) is 1. The number of hydrogen-bond acceptors (Lipinski definition) is 3. The van der Waals surface area contributed by atoms with Crippen LogP contribution in [0.2, 0.25) is 0 Å². The third-order valence-electron chi connectivity index (χ3n) is 3.73. The van der Waals surface area contributed by atoms with Gasteiger partial charge in [0.15, 0.2) is 0 Å². The molecule has 0 aliphatic heterocycles. The molecule has 0 aliphatic carbocycles. The standard InChI is InChI=1S/C19H23FN2O3S/c1-14(2)21-19(23)13-22(12-16-6-4-5-7-18(16)20)26(24,25)17-10-8-15(3)9-11-17/h4-11,14H,12-13H2,1-3H3,(H,21,23). The number of rotatable bonds is 7. The van der Waals surface area contributed by atoms with E-state index >= 15 is 0 Å². The summed E-state index contributed by atoms with van der Waals surface area (Å²) >= 11 is 0. The van der Waals surface area contributed by atoms with E-state index in [2.05, 4.69) is 5.32 Å². The molecule has 1 N–H and O–H groups in total. The van der Waals surface area contributed by atoms with E-state index in [1.54, 1.807) is 32.0 Å². The van der Waals surface area contributed by atoms with Crippen LogP contribution in [0, 0.1) is 12.7 Å². The lowest BCUT2D eigenvalue weighted by atomic mass is 10.2. The first kappa shape index (κ1) is 20.1. The van der Waals surface area contributed by atoms with Crippen LogP contribution in [0.4, 0.5) is 4.39 Å². The molecular weight excluding hydrogens is 355 g/mol. The highest BCUT2D eigenvalue weighted by Gasteiger charge is 2.27. The molecule has 0 atom stereocenters. The molecule has 0 bridgehead atoms. The predicted octanol–water partition coefficient (Wildman–Crippen LogP) is 2.85. The van der Waals surface area contributed by atoms with Gasteiger partial charge in [-0.15, -0.1) is 0 Å². The summed E-state index contributed by atoms with van der Waals surface area (Å²) < 4.78 is 41.0. The van der Waals surface area contributed by atoms with Gasteiger partial charge in [0.1, 0.15) is 5.82 Å². The number of benzene rings is 2. The average molecular weight is 378 g/mol. The number of carbonyl (C=O) groups excluding carboxylic acids is 1. The van der Waals surface area contributed by atoms with Gasteiger partial charge in [-0.1, -0.05) is 35.9 Å². The first-order valence-electron chi connectivity index (χ1n) is 8.29. The Bertz CT molecular complexity index is 865. The predicted molar refractivity (Wildman–Crippen MR) is 98.5 cm³/mol. The smallest absolute Gasteiger partial charge is 0.243 e. The molecule has 2 aromatic carbocycles. The van der Waals surface area contributed by atoms with Crippen molar-refractivity contribution in [3.63, 3.8) is 0 Å². The minimum absolute atomic E-state index is 0.0665. The third kappa shape index (κ3) is 5.12. The molecule has 0 aliphatic rings. The van der Waals surface area contributed by atoms with Crippen molar-refractivity contribution < 1.29 is 17.6 Å². The van der Waals surface area contributed by atoms with Gasteiger partial charge in [0.2, 0.25) is 15.9 Å². The van der Waals surface area contributed by atoms with Gasteiger partial charge in [0.05, 0.1) is 11.4 Å². The van der Waals surface area contributed by atoms with Crippen molar-refractivity contribution in [2.45, 2.75) is 38.3 Å². The Balaban J connectivity index is 2.37. The maximum absolute atomic E-state index is 14.0. The van der Waals surface area contributed by atoms with Gasteiger partial charge in [-0.2, -0.15) is 4.31 Å². The van der Waals surface area contributed by atoms with Crippen LogP contribution < -0.4 is 5.32 Å². The van der Waals surface area contributed by atoms with Crippen molar-refractivity contribution in [2.24, 2.45) is 0 Å². The molecule has 26 heavy (non-hydrogen) atoms. The molecule has 0 spiro atoms. The fourth-order valence-corrected chi connectivity index (χ4v) is 3.80. The molecule has 140 valence electrons. The first-order valence-corrected chi connectivity index (χ1v) is 9.73. The fourth-order valence-electron chi connectivity index (χ4n) is 2.43. The van der Waals surface area contributed by atoms with E-state index < -0.39 is 21.7 Å². The Morgan fingerprint density at radius 3 is 2.31 bits per heavy atom. The lowest BCUT2D eigenvalue weighted by Gasteiger charge is -2.23. The zero-order valence-corrected chi connectivity index (χ0v) is 15.9. The van der Waals surface area contributed by atoms with Crippen LogP contribution in [0.5, 0.6) is 0 Å². The van der Waals surface area contributed by atoms with E-state index in [1.807, 2.05) is 6.92 Å². The highest BCUT2D eigenvalue weighted by atomic mass is 32.2. The van der Waals surface area contributed by atoms with Gasteiger partial charge in [-0.3, -0.25) is 4.79 Å². The normalized spacial score (nSPS) is 11.8. The lowest BCUT2D eigenvalue weighted by Crippen LogP contribution is -2.42. The average Bonchev–Trinajstić information content (AvgIpc) is 2.56. The quantitative estimate of drug-likeness (QED) is 0.806. The monoisotopic (exact) mass is 378 g/mol. The van der Waals surface area contributed by atoms with Gasteiger partial charge in [-0.25, -0.2) is 12.8 Å². The maximum atomic E-state index is 14.0. The largest absolute Gasteiger partial charge is 0.353 e. The van der Waals surface area contributed by atoms with Crippen molar-refractivity contribution in [1.82, 2.24) is 9.62 Å². The Kier molecular flexibility index (Phi) is 6.50. The Hall–Kier alpha value is -2.25. The molecular formula is C19H23FN2O3S. The number of carbonyl (C=O) groups is 1. The molecule has 2 rings (SSSR count). The van der Waals surface area contributed by atoms with Gasteiger partial charge in [0, 0.05) is 18.2 Å². The van der Waals surface area contributed by atoms with Crippen LogP contribution in [-0.2, 0) is 21.4 Å². The summed E-state index contributed by atoms with van der Waals surface area (Å²) in [6.45, 7) is 4.81. The second-order valence-corrected chi connectivity index (χ2v) is 8.34. The molecule has 1 amide bonds. The SMILES string of the molecule is Cc1ccc(S(=O)(=O)N(CC(=O)NC(C)C)Cc2ccccc2F)cc1. The fraction of sp³-hybridized carbons (Fsp3) is 0.316. The molecule has 0 saturated carbocycles. The number of hydrogen-bond donors (Lipinski definition) is 1. The lowest BCUT2D eigenvalue weighted by molar-refractivity contribution is -0.121. The summed E-state index contributed by atoms with van der Waals surface area (Å²) in [5.41, 5.74) is 1.13. The summed E-state index contributed by atoms with van der Waals surface area (Å²) in [6, 6.07) is 12.1. The highest BCUT2D eigenvalue weighted by Crippen LogP contribution is 2.20. The van der Waals surface area contributed by atoms with Crippen molar-refractivity contribution in [1.29, 1.82) is 0 Å². The van der Waals surface area contributed by atoms with Gasteiger partial charge in [-0.05, 0) is 39.0 Å². The minimum Gasteiger partial charge on any atom is -0.353 e. The number of amides is 1. The van der Waals surface area contributed by atoms with Crippen LogP contribution in [0.15, 0.2) is 53.4 Å². The molecule has 0 heterocycles. The van der Waals surface area contributed by atoms with Crippen LogP contribution in [-0.4, -0.2) is 31.2 Å². The summed E-state index contributed by atoms with van der Waals surface area (Å²) in [4.78, 5) is 12.2. The van der Waals surface area contributed by atoms with Crippen LogP contribution in [0.3, 0.4) is 0 Å². The topological polar surface area (TPSA) is 66.5 Å². The van der Waals surface area contributed by atoms with E-state index in [-0.39, 0.29) is 29.6 Å². The molecule has 5 nitrogen and oxygen atoms in total. The summed E-state index contributed by atoms with van der Waals surface area (Å²) in [7, 11) is -3.96. The maximum Gasteiger partial charge on any atom is 0.243 e. The summed E-state index contributed by atoms with van der Waals surface area (Å²) in [6.07, 6.45) is 0. The van der Waals surface area contributed by atoms with Crippen molar-refractivity contribution in [3.05, 3.63) is 65.5 Å². The second kappa shape index (κ2) is 8.42. The Morgan fingerprint density at radius 2 is 1.73 bits per heavy atom. The molecule has 0 saturated heterocycles. The Morgan fingerprint density at radius 1 is 1.12 bits per heavy atom. The third-order valence-corrected chi connectivity index (χ3v) is 5.54. The van der Waals surface area contributed by atoms with Gasteiger partial charge in [0.25, 0.3) is 0 Å². The summed E-state index contributed by atoms with van der Waals surface area (Å²) in [5, 5.41) is 2.67. The van der Waals surface area contributed by atoms with E-state index in [0.29, 0.717) is 0 Å². The summed E-state index contributed by atoms with van der Waals surface area (Å²) in [5.74, 6) is -0.951. The van der Waals surface area contributed by atoms with Crippen molar-refractivity contribution in [2.75, 3.05) is 6.54 Å². The van der Waals surface area contributed by atoms with Crippen molar-refractivity contribution >= 4 is 15.9 Å². The van der Waals surface area contributed by atoms with Crippen LogP contribution in [0.25, 0.3) is 0 Å². The molecule has 0 radical (unpaired) electrons. The number of nitrogens with zero attached hydrogens (tertiary/aromatic N) is 1. The van der Waals surface area contributed by atoms with Crippen LogP contribution >= 0.6 is 0 Å². The minimum atomic E-state index is -3.96. The van der Waals surface area contributed by atoms with E-state index in [0.717, 1.165) is 9.87 Å². The highest BCUT2D eigenvalue weighted by molar-refractivity contribution is 7.89.